The second-order valence-corrected chi connectivity index (χ2v) is 26.0. The van der Waals surface area contributed by atoms with Crippen LogP contribution >= 0.6 is 0 Å². The zero-order valence-corrected chi connectivity index (χ0v) is 57.3. The van der Waals surface area contributed by atoms with Gasteiger partial charge in [0.1, 0.15) is 36.3 Å². The molecule has 6 aromatic carbocycles. The van der Waals surface area contributed by atoms with E-state index in [0.29, 0.717) is 106 Å². The summed E-state index contributed by atoms with van der Waals surface area (Å²) in [4.78, 5) is 135. The highest BCUT2D eigenvalue weighted by atomic mass is 16.2. The van der Waals surface area contributed by atoms with Crippen molar-refractivity contribution in [3.05, 3.63) is 191 Å². The molecule has 23 nitrogen and oxygen atoms in total. The molecule has 0 saturated carbocycles. The Bertz CT molecular complexity index is 4450. The first-order chi connectivity index (χ1) is 48.5. The highest BCUT2D eigenvalue weighted by molar-refractivity contribution is 6.06. The monoisotopic (exact) mass is 1350 g/mol. The van der Waals surface area contributed by atoms with Gasteiger partial charge in [-0.15, -0.1) is 5.10 Å². The van der Waals surface area contributed by atoms with Gasteiger partial charge in [0.2, 0.25) is 35.4 Å². The number of aryl methyl sites for hydroxylation is 3. The van der Waals surface area contributed by atoms with Crippen LogP contribution in [0.4, 0.5) is 0 Å². The number of nitrogens with one attached hydrogen (secondary N) is 4. The zero-order chi connectivity index (χ0) is 70.4. The number of amides is 8. The van der Waals surface area contributed by atoms with Gasteiger partial charge in [-0.1, -0.05) is 128 Å². The average molecular weight is 1350 g/mol. The second kappa shape index (κ2) is 32.9. The zero-order valence-electron chi connectivity index (χ0n) is 57.3. The van der Waals surface area contributed by atoms with Crippen molar-refractivity contribution in [2.45, 2.75) is 134 Å². The number of hydrogen-bond donors (Lipinski definition) is 6. The molecular weight excluding hydrogens is 1260 g/mol. The molecule has 520 valence electrons. The summed E-state index contributed by atoms with van der Waals surface area (Å²) < 4.78 is 1.51. The van der Waals surface area contributed by atoms with Crippen LogP contribution in [0.5, 0.6) is 0 Å². The minimum Gasteiger partial charge on any atom is -0.354 e. The molecule has 9 aromatic rings. The van der Waals surface area contributed by atoms with Crippen LogP contribution in [0.25, 0.3) is 43.4 Å². The number of likely N-dealkylation sites (N-methyl/N-ethyl adjacent to an activating group) is 2. The van der Waals surface area contributed by atoms with Gasteiger partial charge in [-0.3, -0.25) is 53.0 Å². The number of nitrogens with two attached hydrogens (primary N) is 2. The molecule has 5 heterocycles. The van der Waals surface area contributed by atoms with Crippen molar-refractivity contribution in [1.29, 1.82) is 0 Å². The van der Waals surface area contributed by atoms with E-state index in [1.54, 1.807) is 26.4 Å². The van der Waals surface area contributed by atoms with Crippen molar-refractivity contribution in [2.75, 3.05) is 53.4 Å². The number of benzene rings is 6. The maximum Gasteiger partial charge on any atom is 0.256 e. The van der Waals surface area contributed by atoms with Crippen molar-refractivity contribution in [1.82, 2.24) is 65.8 Å². The quantitative estimate of drug-likeness (QED) is 0.0219. The number of carbonyl (C=O) groups excluding carboxylic acids is 8. The van der Waals surface area contributed by atoms with Gasteiger partial charge in [-0.05, 0) is 140 Å². The molecule has 0 spiro atoms. The highest BCUT2D eigenvalue weighted by Gasteiger charge is 2.44. The Balaban J connectivity index is 0.893. The lowest BCUT2D eigenvalue weighted by atomic mass is 10.0. The van der Waals surface area contributed by atoms with Crippen LogP contribution in [0, 0.1) is 0 Å². The Hall–Kier alpha value is -10.5. The summed E-state index contributed by atoms with van der Waals surface area (Å²) in [5.41, 5.74) is 16.5. The van der Waals surface area contributed by atoms with Gasteiger partial charge in [-0.25, -0.2) is 0 Å². The summed E-state index contributed by atoms with van der Waals surface area (Å²) in [6.45, 7) is 5.59. The summed E-state index contributed by atoms with van der Waals surface area (Å²) in [6, 6.07) is 39.7. The van der Waals surface area contributed by atoms with E-state index in [1.807, 2.05) is 153 Å². The second-order valence-electron chi connectivity index (χ2n) is 26.0. The minimum absolute atomic E-state index is 0.0126. The van der Waals surface area contributed by atoms with Crippen LogP contribution in [0.1, 0.15) is 108 Å². The molecule has 2 aliphatic heterocycles. The third-order valence-corrected chi connectivity index (χ3v) is 19.3. The van der Waals surface area contributed by atoms with E-state index in [1.165, 1.54) is 24.3 Å². The largest absolute Gasteiger partial charge is 0.354 e. The van der Waals surface area contributed by atoms with Crippen LogP contribution in [-0.4, -0.2) is 181 Å². The number of likely N-dealkylation sites (tertiary alicyclic amines) is 2. The number of nitrogens with zero attached hydrogens (tertiary/aromatic N) is 9. The topological polar surface area (TPSA) is 306 Å². The number of aromatic nitrogens is 5. The van der Waals surface area contributed by atoms with E-state index in [-0.39, 0.29) is 62.5 Å². The average Bonchev–Trinajstić information content (AvgIpc) is 0.870. The molecule has 0 unspecified atom stereocenters. The lowest BCUT2D eigenvalue weighted by molar-refractivity contribution is -0.148. The molecule has 100 heavy (non-hydrogen) atoms. The number of hydrogen-bond acceptors (Lipinski definition) is 14. The number of fused-ring (bicyclic) bond motifs is 4. The van der Waals surface area contributed by atoms with Gasteiger partial charge in [0.15, 0.2) is 0 Å². The molecule has 23 heteroatoms. The van der Waals surface area contributed by atoms with E-state index in [9.17, 15) is 24.0 Å². The third-order valence-electron chi connectivity index (χ3n) is 19.3. The molecule has 2 aliphatic rings. The van der Waals surface area contributed by atoms with Gasteiger partial charge in [-0.2, -0.15) is 0 Å². The van der Waals surface area contributed by atoms with Crippen molar-refractivity contribution in [3.63, 3.8) is 0 Å². The SMILES string of the molecule is CCc1nc2cc3ccccc3cc2cc1C(=O)N[C@@H](Cc1cn(CC[C@@H](C(=O)N2CCC[C@H]2C(=O)N(C)[C@@H](Cc2ccccc2)C(=O)NCCCN)N(C)C(=O)c2cc3cc4ccccc4cc3nc2CC)nn1)C(=O)N1CCC[C@H]1C(=O)N[C@@H](Cc1ccccc1)C(=O)NCCCN. The maximum absolute atomic E-state index is 15.7. The van der Waals surface area contributed by atoms with Crippen LogP contribution in [-0.2, 0) is 67.4 Å². The van der Waals surface area contributed by atoms with Crippen LogP contribution in [0.2, 0.25) is 0 Å². The van der Waals surface area contributed by atoms with Crippen molar-refractivity contribution >= 4 is 90.6 Å². The summed E-state index contributed by atoms with van der Waals surface area (Å²) in [6.07, 6.45) is 5.27. The van der Waals surface area contributed by atoms with Crippen LogP contribution in [0.3, 0.4) is 0 Å². The minimum atomic E-state index is -1.31. The molecule has 2 saturated heterocycles. The first-order valence-electron chi connectivity index (χ1n) is 34.9. The van der Waals surface area contributed by atoms with E-state index >= 15 is 14.4 Å². The van der Waals surface area contributed by atoms with Crippen molar-refractivity contribution in [2.24, 2.45) is 11.5 Å². The normalized spacial score (nSPS) is 15.7. The standard InChI is InChI=1S/C77H89N15O8/c1-5-60-58(43-55-41-51-25-13-15-27-53(51)45-62(55)82-60)70(93)85-65(75(98)91-36-17-29-66(91)73(96)84-64(71(94)80-34-19-32-78)39-49-21-9-7-10-22-49)47-57-48-90(87-86-57)38-31-67(88(3)74(97)59-44-56-42-52-26-14-16-28-54(52)46-63(56)83-61(59)6-2)77(100)92-37-18-30-68(92)76(99)89(4)69(72(95)81-35-20-33-79)40-50-23-11-8-12-24-50/h7-16,21-28,41-46,48,64-69H,5-6,17-20,29-40,47,78-79H2,1-4H3,(H,80,94)(H,81,95)(H,84,96)(H,85,93)/t64-,65-,66-,67-,68-,69-/m0/s1. The molecule has 3 aromatic heterocycles. The van der Waals surface area contributed by atoms with E-state index in [4.69, 9.17) is 21.4 Å². The molecule has 0 aliphatic carbocycles. The Morgan fingerprint density at radius 2 is 1.07 bits per heavy atom. The number of carbonyl (C=O) groups is 8. The molecule has 2 fully saturated rings. The van der Waals surface area contributed by atoms with Crippen molar-refractivity contribution < 1.29 is 38.4 Å². The molecule has 8 N–H and O–H groups in total. The Kier molecular flexibility index (Phi) is 23.3. The fourth-order valence-corrected chi connectivity index (χ4v) is 13.8. The summed E-state index contributed by atoms with van der Waals surface area (Å²) in [5, 5.41) is 26.3. The van der Waals surface area contributed by atoms with Gasteiger partial charge in [0.05, 0.1) is 39.2 Å². The first kappa shape index (κ1) is 70.8. The van der Waals surface area contributed by atoms with Gasteiger partial charge >= 0.3 is 0 Å². The molecular formula is C77H89N15O8. The van der Waals surface area contributed by atoms with E-state index in [2.05, 4.69) is 31.6 Å². The first-order valence-corrected chi connectivity index (χ1v) is 34.9. The summed E-state index contributed by atoms with van der Waals surface area (Å²) >= 11 is 0. The van der Waals surface area contributed by atoms with Crippen molar-refractivity contribution in [3.8, 4) is 0 Å². The van der Waals surface area contributed by atoms with Crippen LogP contribution in [0.15, 0.2) is 152 Å². The molecule has 6 atom stereocenters. The fraction of sp³-hybridized carbons (Fsp3) is 0.377. The summed E-state index contributed by atoms with van der Waals surface area (Å²) in [5.74, 6) is -3.75. The van der Waals surface area contributed by atoms with Gasteiger partial charge in [0, 0.05) is 83.1 Å². The van der Waals surface area contributed by atoms with E-state index < -0.39 is 77.6 Å². The maximum atomic E-state index is 15.7. The lowest BCUT2D eigenvalue weighted by Gasteiger charge is -2.36. The molecule has 11 rings (SSSR count). The third kappa shape index (κ3) is 16.4. The summed E-state index contributed by atoms with van der Waals surface area (Å²) in [7, 11) is 3.16. The predicted molar refractivity (Wildman–Crippen MR) is 384 cm³/mol. The molecule has 8 amide bonds. The predicted octanol–water partition coefficient (Wildman–Crippen LogP) is 6.39. The number of rotatable bonds is 29. The highest BCUT2D eigenvalue weighted by Crippen LogP contribution is 2.30. The van der Waals surface area contributed by atoms with Gasteiger partial charge in [0.25, 0.3) is 11.8 Å². The fourth-order valence-electron chi connectivity index (χ4n) is 13.8. The Labute approximate surface area is 581 Å². The van der Waals surface area contributed by atoms with Gasteiger partial charge < -0.3 is 52.3 Å². The smallest absolute Gasteiger partial charge is 0.256 e. The lowest BCUT2D eigenvalue weighted by Crippen LogP contribution is -2.57. The molecule has 0 bridgehead atoms. The Morgan fingerprint density at radius 1 is 0.550 bits per heavy atom. The Morgan fingerprint density at radius 3 is 1.65 bits per heavy atom. The van der Waals surface area contributed by atoms with Crippen LogP contribution < -0.4 is 32.7 Å². The van der Waals surface area contributed by atoms with E-state index in [0.717, 1.165) is 43.4 Å². The number of pyridine rings is 2. The molecule has 0 radical (unpaired) electrons.